The molecule has 98 valence electrons. The number of hydrogen-bond acceptors (Lipinski definition) is 2. The average molecular weight is 267 g/mol. The minimum atomic E-state index is -0.0565. The predicted octanol–water partition coefficient (Wildman–Crippen LogP) is 2.37. The Labute approximate surface area is 113 Å². The molecule has 0 bridgehead atoms. The van der Waals surface area contributed by atoms with E-state index in [1.54, 1.807) is 0 Å². The van der Waals surface area contributed by atoms with E-state index in [4.69, 9.17) is 11.6 Å². The highest BCUT2D eigenvalue weighted by molar-refractivity contribution is 6.31. The Morgan fingerprint density at radius 2 is 2.17 bits per heavy atom. The number of benzene rings is 1. The number of hydrogen-bond donors (Lipinski definition) is 2. The van der Waals surface area contributed by atoms with Gasteiger partial charge < -0.3 is 10.6 Å². The van der Waals surface area contributed by atoms with Crippen LogP contribution in [0.25, 0.3) is 0 Å². The molecule has 3 atom stereocenters. The number of rotatable bonds is 3. The van der Waals surface area contributed by atoms with Crippen LogP contribution in [0.2, 0.25) is 5.02 Å². The van der Waals surface area contributed by atoms with E-state index in [1.807, 2.05) is 31.2 Å². The van der Waals surface area contributed by atoms with Crippen molar-refractivity contribution in [1.29, 1.82) is 0 Å². The Bertz CT molecular complexity index is 436. The Hall–Kier alpha value is -1.06. The summed E-state index contributed by atoms with van der Waals surface area (Å²) >= 11 is 6.13. The van der Waals surface area contributed by atoms with Crippen molar-refractivity contribution in [2.75, 3.05) is 13.1 Å². The van der Waals surface area contributed by atoms with Gasteiger partial charge in [0.1, 0.15) is 0 Å². The Morgan fingerprint density at radius 1 is 1.44 bits per heavy atom. The quantitative estimate of drug-likeness (QED) is 0.882. The molecule has 0 aromatic heterocycles. The highest BCUT2D eigenvalue weighted by Gasteiger charge is 2.30. The maximum atomic E-state index is 12.2. The molecule has 0 radical (unpaired) electrons. The van der Waals surface area contributed by atoms with Crippen LogP contribution in [-0.2, 0) is 4.79 Å². The SMILES string of the molecule is CC1CNCC1C(=O)N[C@@H](C)c1ccccc1Cl. The summed E-state index contributed by atoms with van der Waals surface area (Å²) in [5.41, 5.74) is 0.964. The van der Waals surface area contributed by atoms with Crippen molar-refractivity contribution in [3.05, 3.63) is 34.9 Å². The average Bonchev–Trinajstić information content (AvgIpc) is 2.76. The molecular weight excluding hydrogens is 248 g/mol. The van der Waals surface area contributed by atoms with Gasteiger partial charge in [-0.1, -0.05) is 36.7 Å². The summed E-state index contributed by atoms with van der Waals surface area (Å²) < 4.78 is 0. The van der Waals surface area contributed by atoms with Crippen molar-refractivity contribution >= 4 is 17.5 Å². The topological polar surface area (TPSA) is 41.1 Å². The maximum absolute atomic E-state index is 12.2. The summed E-state index contributed by atoms with van der Waals surface area (Å²) in [7, 11) is 0. The molecule has 1 aliphatic rings. The summed E-state index contributed by atoms with van der Waals surface area (Å²) in [5.74, 6) is 0.568. The molecule has 2 N–H and O–H groups in total. The van der Waals surface area contributed by atoms with Crippen LogP contribution < -0.4 is 10.6 Å². The lowest BCUT2D eigenvalue weighted by Crippen LogP contribution is -2.36. The maximum Gasteiger partial charge on any atom is 0.225 e. The molecule has 3 nitrogen and oxygen atoms in total. The zero-order valence-electron chi connectivity index (χ0n) is 10.7. The molecule has 0 saturated carbocycles. The van der Waals surface area contributed by atoms with Gasteiger partial charge in [-0.05, 0) is 31.0 Å². The van der Waals surface area contributed by atoms with Crippen molar-refractivity contribution in [2.24, 2.45) is 11.8 Å². The molecule has 2 rings (SSSR count). The van der Waals surface area contributed by atoms with Gasteiger partial charge in [0.05, 0.1) is 12.0 Å². The minimum Gasteiger partial charge on any atom is -0.349 e. The number of halogens is 1. The first kappa shape index (κ1) is 13.4. The van der Waals surface area contributed by atoms with E-state index in [9.17, 15) is 4.79 Å². The molecule has 1 saturated heterocycles. The highest BCUT2D eigenvalue weighted by atomic mass is 35.5. The second-order valence-electron chi connectivity index (χ2n) is 4.99. The second-order valence-corrected chi connectivity index (χ2v) is 5.40. The fourth-order valence-electron chi connectivity index (χ4n) is 2.39. The Balaban J connectivity index is 2.01. The third-order valence-corrected chi connectivity index (χ3v) is 3.93. The van der Waals surface area contributed by atoms with Gasteiger partial charge in [0.25, 0.3) is 0 Å². The first-order valence-corrected chi connectivity index (χ1v) is 6.73. The van der Waals surface area contributed by atoms with E-state index in [0.29, 0.717) is 10.9 Å². The van der Waals surface area contributed by atoms with Gasteiger partial charge in [-0.2, -0.15) is 0 Å². The monoisotopic (exact) mass is 266 g/mol. The van der Waals surface area contributed by atoms with Gasteiger partial charge in [0, 0.05) is 11.6 Å². The smallest absolute Gasteiger partial charge is 0.225 e. The lowest BCUT2D eigenvalue weighted by Gasteiger charge is -2.20. The normalized spacial score (nSPS) is 24.8. The summed E-state index contributed by atoms with van der Waals surface area (Å²) in [4.78, 5) is 12.2. The molecule has 1 aromatic rings. The van der Waals surface area contributed by atoms with Gasteiger partial charge in [-0.15, -0.1) is 0 Å². The summed E-state index contributed by atoms with van der Waals surface area (Å²) in [5, 5.41) is 6.98. The van der Waals surface area contributed by atoms with E-state index in [-0.39, 0.29) is 17.9 Å². The fraction of sp³-hybridized carbons (Fsp3) is 0.500. The van der Waals surface area contributed by atoms with E-state index < -0.39 is 0 Å². The van der Waals surface area contributed by atoms with E-state index >= 15 is 0 Å². The first-order chi connectivity index (χ1) is 8.59. The van der Waals surface area contributed by atoms with Crippen molar-refractivity contribution in [3.63, 3.8) is 0 Å². The number of carbonyl (C=O) groups is 1. The zero-order valence-corrected chi connectivity index (χ0v) is 11.5. The molecule has 0 aliphatic carbocycles. The van der Waals surface area contributed by atoms with Crippen molar-refractivity contribution in [2.45, 2.75) is 19.9 Å². The van der Waals surface area contributed by atoms with E-state index in [2.05, 4.69) is 17.6 Å². The van der Waals surface area contributed by atoms with Crippen LogP contribution in [0.5, 0.6) is 0 Å². The summed E-state index contributed by atoms with van der Waals surface area (Å²) in [6, 6.07) is 7.56. The fourth-order valence-corrected chi connectivity index (χ4v) is 2.68. The van der Waals surface area contributed by atoms with Gasteiger partial charge in [0.15, 0.2) is 0 Å². The third-order valence-electron chi connectivity index (χ3n) is 3.58. The summed E-state index contributed by atoms with van der Waals surface area (Å²) in [6.45, 7) is 5.75. The van der Waals surface area contributed by atoms with Crippen molar-refractivity contribution in [1.82, 2.24) is 10.6 Å². The molecule has 1 heterocycles. The Kier molecular flexibility index (Phi) is 4.25. The molecule has 1 aliphatic heterocycles. The van der Waals surface area contributed by atoms with Crippen LogP contribution >= 0.6 is 11.6 Å². The van der Waals surface area contributed by atoms with Crippen LogP contribution in [0.4, 0.5) is 0 Å². The molecule has 4 heteroatoms. The molecule has 1 amide bonds. The second kappa shape index (κ2) is 5.72. The first-order valence-electron chi connectivity index (χ1n) is 6.35. The molecular formula is C14H19ClN2O. The molecule has 0 spiro atoms. The molecule has 1 aromatic carbocycles. The van der Waals surface area contributed by atoms with E-state index in [0.717, 1.165) is 18.7 Å². The predicted molar refractivity (Wildman–Crippen MR) is 73.5 cm³/mol. The standard InChI is InChI=1S/C14H19ClN2O/c1-9-7-16-8-12(9)14(18)17-10(2)11-5-3-4-6-13(11)15/h3-6,9-10,12,16H,7-8H2,1-2H3,(H,17,18)/t9?,10-,12?/m0/s1. The lowest BCUT2D eigenvalue weighted by atomic mass is 9.96. The van der Waals surface area contributed by atoms with Crippen LogP contribution in [0.1, 0.15) is 25.5 Å². The summed E-state index contributed by atoms with van der Waals surface area (Å²) in [6.07, 6.45) is 0. The van der Waals surface area contributed by atoms with Gasteiger partial charge in [-0.3, -0.25) is 4.79 Å². The Morgan fingerprint density at radius 3 is 2.78 bits per heavy atom. The van der Waals surface area contributed by atoms with Crippen LogP contribution in [-0.4, -0.2) is 19.0 Å². The molecule has 18 heavy (non-hydrogen) atoms. The third kappa shape index (κ3) is 2.85. The van der Waals surface area contributed by atoms with Crippen LogP contribution in [0.15, 0.2) is 24.3 Å². The largest absolute Gasteiger partial charge is 0.349 e. The van der Waals surface area contributed by atoms with Crippen LogP contribution in [0.3, 0.4) is 0 Å². The van der Waals surface area contributed by atoms with E-state index in [1.165, 1.54) is 0 Å². The van der Waals surface area contributed by atoms with Gasteiger partial charge >= 0.3 is 0 Å². The lowest BCUT2D eigenvalue weighted by molar-refractivity contribution is -0.126. The zero-order chi connectivity index (χ0) is 13.1. The van der Waals surface area contributed by atoms with Crippen molar-refractivity contribution < 1.29 is 4.79 Å². The van der Waals surface area contributed by atoms with Crippen LogP contribution in [0, 0.1) is 11.8 Å². The number of carbonyl (C=O) groups excluding carboxylic acids is 1. The number of amides is 1. The molecule has 1 fully saturated rings. The van der Waals surface area contributed by atoms with Crippen molar-refractivity contribution in [3.8, 4) is 0 Å². The minimum absolute atomic E-state index is 0.0565. The molecule has 2 unspecified atom stereocenters. The van der Waals surface area contributed by atoms with Gasteiger partial charge in [-0.25, -0.2) is 0 Å². The number of nitrogens with one attached hydrogen (secondary N) is 2. The highest BCUT2D eigenvalue weighted by Crippen LogP contribution is 2.23. The van der Waals surface area contributed by atoms with Gasteiger partial charge in [0.2, 0.25) is 5.91 Å².